The van der Waals surface area contributed by atoms with Gasteiger partial charge in [0.05, 0.1) is 0 Å². The monoisotopic (exact) mass is 357 g/mol. The van der Waals surface area contributed by atoms with Crippen molar-refractivity contribution in [1.29, 1.82) is 0 Å². The van der Waals surface area contributed by atoms with Crippen molar-refractivity contribution in [2.45, 2.75) is 18.9 Å². The van der Waals surface area contributed by atoms with E-state index in [-0.39, 0.29) is 17.0 Å². The molecule has 6 nitrogen and oxygen atoms in total. The number of amides is 2. The molecule has 1 aromatic heterocycles. The van der Waals surface area contributed by atoms with E-state index < -0.39 is 11.5 Å². The Balaban J connectivity index is 2.06. The number of hydrogen-bond donors (Lipinski definition) is 3. The van der Waals surface area contributed by atoms with Gasteiger partial charge in [-0.15, -0.1) is 0 Å². The number of halogens is 1. The molecule has 4 N–H and O–H groups in total. The van der Waals surface area contributed by atoms with Crippen molar-refractivity contribution in [3.05, 3.63) is 74.7 Å². The number of carbonyl (C=O) groups excluding carboxylic acids is 2. The molecule has 2 heterocycles. The van der Waals surface area contributed by atoms with Gasteiger partial charge in [-0.2, -0.15) is 0 Å². The zero-order chi connectivity index (χ0) is 18.0. The van der Waals surface area contributed by atoms with Crippen molar-refractivity contribution in [3.63, 3.8) is 0 Å². The lowest BCUT2D eigenvalue weighted by molar-refractivity contribution is -0.119. The second-order valence-electron chi connectivity index (χ2n) is 5.78. The maximum atomic E-state index is 11.9. The second kappa shape index (κ2) is 6.94. The van der Waals surface area contributed by atoms with E-state index in [1.54, 1.807) is 30.3 Å². The van der Waals surface area contributed by atoms with Gasteiger partial charge in [0.1, 0.15) is 5.02 Å². The number of hydrogen-bond acceptors (Lipinski definition) is 3. The minimum atomic E-state index is -0.514. The van der Waals surface area contributed by atoms with E-state index in [0.717, 1.165) is 11.1 Å². The van der Waals surface area contributed by atoms with E-state index in [2.05, 4.69) is 10.3 Å². The Morgan fingerprint density at radius 2 is 1.80 bits per heavy atom. The van der Waals surface area contributed by atoms with Crippen molar-refractivity contribution < 1.29 is 9.59 Å². The molecule has 1 fully saturated rings. The number of H-pyrrole nitrogens is 1. The zero-order valence-electron chi connectivity index (χ0n) is 13.2. The molecular weight excluding hydrogens is 342 g/mol. The van der Waals surface area contributed by atoms with Gasteiger partial charge in [0.15, 0.2) is 0 Å². The third-order valence-electron chi connectivity index (χ3n) is 4.03. The second-order valence-corrected chi connectivity index (χ2v) is 6.19. The molecule has 2 aromatic rings. The first-order chi connectivity index (χ1) is 11.9. The highest BCUT2D eigenvalue weighted by molar-refractivity contribution is 6.30. The smallest absolute Gasteiger partial charge is 0.267 e. The number of benzene rings is 1. The van der Waals surface area contributed by atoms with Crippen molar-refractivity contribution in [2.24, 2.45) is 5.73 Å². The van der Waals surface area contributed by atoms with Crippen LogP contribution >= 0.6 is 11.6 Å². The molecule has 1 aromatic carbocycles. The Hall–Kier alpha value is -2.86. The zero-order valence-corrected chi connectivity index (χ0v) is 14.0. The van der Waals surface area contributed by atoms with Crippen molar-refractivity contribution >= 4 is 29.0 Å². The van der Waals surface area contributed by atoms with Crippen molar-refractivity contribution in [3.8, 4) is 0 Å². The molecule has 0 aliphatic carbocycles. The SMILES string of the molecule is NC(=O)c1ccc(/C(=C\[C@H]2CCC(=O)N2)c2ccc(Cl)c(=O)[nH]2)cc1. The van der Waals surface area contributed by atoms with Gasteiger partial charge in [-0.05, 0) is 36.2 Å². The van der Waals surface area contributed by atoms with E-state index >= 15 is 0 Å². The molecule has 0 unspecified atom stereocenters. The number of aromatic amines is 1. The van der Waals surface area contributed by atoms with Gasteiger partial charge in [-0.1, -0.05) is 29.8 Å². The molecule has 2 amide bonds. The van der Waals surface area contributed by atoms with Crippen LogP contribution in [0.3, 0.4) is 0 Å². The van der Waals surface area contributed by atoms with Crippen LogP contribution in [0.1, 0.15) is 34.5 Å². The Labute approximate surface area is 148 Å². The van der Waals surface area contributed by atoms with Crippen LogP contribution in [0.2, 0.25) is 5.02 Å². The quantitative estimate of drug-likeness (QED) is 0.777. The first-order valence-electron chi connectivity index (χ1n) is 7.74. The molecule has 0 spiro atoms. The molecule has 1 atom stereocenters. The fourth-order valence-corrected chi connectivity index (χ4v) is 2.84. The van der Waals surface area contributed by atoms with Crippen LogP contribution < -0.4 is 16.6 Å². The van der Waals surface area contributed by atoms with Gasteiger partial charge in [-0.3, -0.25) is 14.4 Å². The highest BCUT2D eigenvalue weighted by Crippen LogP contribution is 2.24. The third-order valence-corrected chi connectivity index (χ3v) is 4.33. The summed E-state index contributed by atoms with van der Waals surface area (Å²) in [4.78, 5) is 37.3. The van der Waals surface area contributed by atoms with Gasteiger partial charge in [0.2, 0.25) is 11.8 Å². The molecular formula is C18H16ClN3O3. The van der Waals surface area contributed by atoms with Crippen LogP contribution in [0.4, 0.5) is 0 Å². The summed E-state index contributed by atoms with van der Waals surface area (Å²) in [5.74, 6) is -0.519. The number of carbonyl (C=O) groups is 2. The molecule has 1 aliphatic rings. The van der Waals surface area contributed by atoms with Crippen molar-refractivity contribution in [1.82, 2.24) is 10.3 Å². The minimum Gasteiger partial charge on any atom is -0.366 e. The van der Waals surface area contributed by atoms with Gasteiger partial charge < -0.3 is 16.0 Å². The number of aromatic nitrogens is 1. The van der Waals surface area contributed by atoms with Gasteiger partial charge in [-0.25, -0.2) is 0 Å². The summed E-state index contributed by atoms with van der Waals surface area (Å²) in [6, 6.07) is 9.82. The summed E-state index contributed by atoms with van der Waals surface area (Å²) >= 11 is 5.80. The number of rotatable bonds is 4. The van der Waals surface area contributed by atoms with E-state index in [1.165, 1.54) is 6.07 Å². The highest BCUT2D eigenvalue weighted by atomic mass is 35.5. The number of nitrogens with one attached hydrogen (secondary N) is 2. The fourth-order valence-electron chi connectivity index (χ4n) is 2.73. The van der Waals surface area contributed by atoms with Crippen LogP contribution in [-0.4, -0.2) is 22.8 Å². The van der Waals surface area contributed by atoms with Crippen LogP contribution in [0.15, 0.2) is 47.3 Å². The molecule has 1 saturated heterocycles. The lowest BCUT2D eigenvalue weighted by atomic mass is 9.98. The van der Waals surface area contributed by atoms with E-state index in [4.69, 9.17) is 17.3 Å². The average molecular weight is 358 g/mol. The summed E-state index contributed by atoms with van der Waals surface area (Å²) < 4.78 is 0. The van der Waals surface area contributed by atoms with E-state index in [9.17, 15) is 14.4 Å². The van der Waals surface area contributed by atoms with Crippen LogP contribution in [0, 0.1) is 0 Å². The average Bonchev–Trinajstić information content (AvgIpc) is 3.00. The molecule has 25 heavy (non-hydrogen) atoms. The summed E-state index contributed by atoms with van der Waals surface area (Å²) in [5, 5.41) is 2.97. The van der Waals surface area contributed by atoms with E-state index in [1.807, 2.05) is 6.08 Å². The summed E-state index contributed by atoms with van der Waals surface area (Å²) in [6.45, 7) is 0. The number of nitrogens with two attached hydrogens (primary N) is 1. The maximum Gasteiger partial charge on any atom is 0.267 e. The third kappa shape index (κ3) is 3.80. The summed E-state index contributed by atoms with van der Waals surface area (Å²) in [7, 11) is 0. The Morgan fingerprint density at radius 1 is 1.12 bits per heavy atom. The minimum absolute atomic E-state index is 0.00530. The first-order valence-corrected chi connectivity index (χ1v) is 8.12. The standard InChI is InChI=1S/C18H16ClN3O3/c19-14-6-7-15(22-18(14)25)13(9-12-5-8-16(23)21-12)10-1-3-11(4-2-10)17(20)24/h1-4,6-7,9,12H,5,8H2,(H2,20,24)(H,21,23)(H,22,25)/b13-9+/t12-/m1/s1. The van der Waals surface area contributed by atoms with Gasteiger partial charge >= 0.3 is 0 Å². The molecule has 128 valence electrons. The normalized spacial score (nSPS) is 17.4. The van der Waals surface area contributed by atoms with Crippen LogP contribution in [0.5, 0.6) is 0 Å². The maximum absolute atomic E-state index is 11.9. The Kier molecular flexibility index (Phi) is 4.72. The molecule has 0 bridgehead atoms. The van der Waals surface area contributed by atoms with Crippen LogP contribution in [-0.2, 0) is 4.79 Å². The fraction of sp³-hybridized carbons (Fsp3) is 0.167. The topological polar surface area (TPSA) is 105 Å². The first kappa shape index (κ1) is 17.0. The predicted octanol–water partition coefficient (Wildman–Crippen LogP) is 1.84. The van der Waals surface area contributed by atoms with Gasteiger partial charge in [0.25, 0.3) is 5.56 Å². The van der Waals surface area contributed by atoms with Crippen LogP contribution in [0.25, 0.3) is 5.57 Å². The lowest BCUT2D eigenvalue weighted by Crippen LogP contribution is -2.23. The molecule has 7 heteroatoms. The summed E-state index contributed by atoms with van der Waals surface area (Å²) in [5.41, 5.74) is 7.35. The molecule has 0 saturated carbocycles. The van der Waals surface area contributed by atoms with Crippen molar-refractivity contribution in [2.75, 3.05) is 0 Å². The summed E-state index contributed by atoms with van der Waals surface area (Å²) in [6.07, 6.45) is 3.04. The Morgan fingerprint density at radius 3 is 2.36 bits per heavy atom. The number of primary amides is 1. The molecule has 3 rings (SSSR count). The highest BCUT2D eigenvalue weighted by Gasteiger charge is 2.20. The van der Waals surface area contributed by atoms with E-state index in [0.29, 0.717) is 24.1 Å². The largest absolute Gasteiger partial charge is 0.366 e. The Bertz CT molecular complexity index is 916. The molecule has 0 radical (unpaired) electrons. The van der Waals surface area contributed by atoms with Gasteiger partial charge in [0, 0.05) is 29.3 Å². The molecule has 1 aliphatic heterocycles. The number of pyridine rings is 1. The predicted molar refractivity (Wildman–Crippen MR) is 95.3 cm³/mol. The lowest BCUT2D eigenvalue weighted by Gasteiger charge is -2.12.